The topological polar surface area (TPSA) is 266 Å². The molecule has 2 N–H and O–H groups in total. The van der Waals surface area contributed by atoms with Crippen LogP contribution in [0.1, 0.15) is 180 Å². The number of nitrogens with zero attached hydrogens (tertiary/aromatic N) is 8. The SMILES string of the molecule is CC(C)(C)OC(=O)N1CCC(CCBr)CC1.Cl.Cn1c(=O)n(C2CCC(=O)CC2=O)c2cccc(CCC3CCN(C(=O)OC(C)(C)C)CC3)c21.Cn1c(=O)n(C2CCC(=O)CC2=O)c2cccc(CCC3CCNCC3)c21.Cn1c(=O)n(C2CCC(=O)NC2=O)c2cccc(Br)c21.P. The molecule has 4 saturated heterocycles. The highest BCUT2D eigenvalue weighted by molar-refractivity contribution is 9.10. The summed E-state index contributed by atoms with van der Waals surface area (Å²) >= 11 is 6.88. The molecule has 4 aliphatic heterocycles. The normalized spacial score (nSPS) is 19.8. The lowest BCUT2D eigenvalue weighted by molar-refractivity contribution is -0.136. The molecular weight excluding hydrogens is 1440 g/mol. The summed E-state index contributed by atoms with van der Waals surface area (Å²) in [6, 6.07) is 15.6. The third-order valence-electron chi connectivity index (χ3n) is 19.6. The van der Waals surface area contributed by atoms with E-state index in [9.17, 15) is 52.7 Å². The molecule has 6 fully saturated rings. The summed E-state index contributed by atoms with van der Waals surface area (Å²) in [5.41, 5.74) is 5.55. The van der Waals surface area contributed by atoms with E-state index in [4.69, 9.17) is 9.47 Å². The number of para-hydroxylation sites is 3. The Bertz CT molecular complexity index is 4120. The number of rotatable bonds is 11. The number of amides is 4. The maximum Gasteiger partial charge on any atom is 0.410 e. The minimum atomic E-state index is -0.641. The van der Waals surface area contributed by atoms with E-state index >= 15 is 0 Å². The second kappa shape index (κ2) is 34.9. The third kappa shape index (κ3) is 19.6. The first-order chi connectivity index (χ1) is 46.0. The van der Waals surface area contributed by atoms with Gasteiger partial charge in [-0.15, -0.1) is 12.4 Å². The molecule has 12 rings (SSSR count). The van der Waals surface area contributed by atoms with Gasteiger partial charge in [0.15, 0.2) is 11.6 Å². The van der Waals surface area contributed by atoms with Gasteiger partial charge >= 0.3 is 29.3 Å². The Morgan fingerprint density at radius 2 is 0.879 bits per heavy atom. The average Bonchev–Trinajstić information content (AvgIpc) is 1.62. The van der Waals surface area contributed by atoms with E-state index in [1.165, 1.54) is 34.0 Å². The number of fused-ring (bicyclic) bond motifs is 3. The number of hydrogen-bond donors (Lipinski definition) is 2. The van der Waals surface area contributed by atoms with Crippen molar-refractivity contribution in [1.82, 2.24) is 47.8 Å². The second-order valence-electron chi connectivity index (χ2n) is 28.8. The number of ketones is 4. The van der Waals surface area contributed by atoms with Crippen LogP contribution in [0, 0.1) is 17.8 Å². The number of piperidine rings is 4. The molecule has 4 atom stereocenters. The Morgan fingerprint density at radius 1 is 0.505 bits per heavy atom. The number of aromatic nitrogens is 6. The standard InChI is InChI=1S/C26H35N3O5.C21H27N3O3.C13H12BrN3O3.C12H22BrNO2.ClH.H3P/c1-26(2,3)34-25(33)28-14-12-17(13-15-28)8-9-18-6-5-7-21-23(18)27(4)24(32)29(21)20-11-10-19(30)16-22(20)31;1-23-20-15(6-5-14-9-11-22-12-10-14)3-2-4-18(20)24(21(23)27)17-8-7-16(25)13-19(17)26;1-16-11-7(14)3-2-4-8(11)17(13(16)20)9-5-6-10(18)15-12(9)19;1-12(2,3)16-11(15)14-8-5-10(4-7-13)6-9-14;;/h5-7,17,20H,8-16H2,1-4H3;2-4,14,17,22H,5-13H2,1H3;2-4,9H,5-6H2,1H3,(H,15,18,19);10H,4-9H2,1-3H3;1H;1H3. The van der Waals surface area contributed by atoms with Crippen LogP contribution in [0.5, 0.6) is 0 Å². The zero-order chi connectivity index (χ0) is 70.2. The molecule has 6 aliphatic rings. The van der Waals surface area contributed by atoms with Crippen LogP contribution in [-0.4, -0.2) is 140 Å². The Balaban J connectivity index is 0.000000191. The monoisotopic (exact) mass is 1540 g/mol. The largest absolute Gasteiger partial charge is 0.444 e. The van der Waals surface area contributed by atoms with E-state index < -0.39 is 29.6 Å². The molecule has 27 heteroatoms. The predicted octanol–water partition coefficient (Wildman–Crippen LogP) is 10.9. The highest BCUT2D eigenvalue weighted by Gasteiger charge is 2.36. The van der Waals surface area contributed by atoms with Gasteiger partial charge in [-0.25, -0.2) is 24.0 Å². The molecule has 99 heavy (non-hydrogen) atoms. The quantitative estimate of drug-likeness (QED) is 0.0529. The van der Waals surface area contributed by atoms with E-state index in [0.717, 1.165) is 132 Å². The molecule has 0 radical (unpaired) electrons. The number of alkyl halides is 1. The summed E-state index contributed by atoms with van der Waals surface area (Å²) < 4.78 is 21.1. The first-order valence-corrected chi connectivity index (χ1v) is 36.3. The van der Waals surface area contributed by atoms with Crippen LogP contribution in [0.4, 0.5) is 9.59 Å². The summed E-state index contributed by atoms with van der Waals surface area (Å²) in [6.45, 7) is 16.6. The van der Waals surface area contributed by atoms with E-state index in [2.05, 4.69) is 48.6 Å². The van der Waals surface area contributed by atoms with Crippen LogP contribution in [0.3, 0.4) is 0 Å². The second-order valence-corrected chi connectivity index (χ2v) is 30.5. The highest BCUT2D eigenvalue weighted by Crippen LogP contribution is 2.33. The molecule has 23 nitrogen and oxygen atoms in total. The molecule has 0 bridgehead atoms. The van der Waals surface area contributed by atoms with Gasteiger partial charge < -0.3 is 24.6 Å². The van der Waals surface area contributed by atoms with Gasteiger partial charge in [-0.3, -0.25) is 61.5 Å². The van der Waals surface area contributed by atoms with Crippen molar-refractivity contribution >= 4 is 134 Å². The molecule has 4 unspecified atom stereocenters. The molecule has 4 amide bonds. The van der Waals surface area contributed by atoms with Gasteiger partial charge in [0.05, 0.1) is 58.0 Å². The zero-order valence-electron chi connectivity index (χ0n) is 58.8. The third-order valence-corrected chi connectivity index (χ3v) is 20.7. The molecule has 2 aliphatic carbocycles. The first kappa shape index (κ1) is 79.8. The molecule has 3 aromatic heterocycles. The fourth-order valence-electron chi connectivity index (χ4n) is 14.4. The molecule has 7 heterocycles. The zero-order valence-corrected chi connectivity index (χ0v) is 64.2. The Hall–Kier alpha value is -6.53. The summed E-state index contributed by atoms with van der Waals surface area (Å²) in [4.78, 5) is 138. The highest BCUT2D eigenvalue weighted by atomic mass is 79.9. The van der Waals surface area contributed by atoms with Crippen molar-refractivity contribution in [3.63, 3.8) is 0 Å². The minimum Gasteiger partial charge on any atom is -0.444 e. The number of nitrogens with one attached hydrogen (secondary N) is 2. The van der Waals surface area contributed by atoms with Crippen molar-refractivity contribution in [1.29, 1.82) is 0 Å². The number of aryl methyl sites for hydroxylation is 5. The van der Waals surface area contributed by atoms with Crippen LogP contribution >= 0.6 is 54.2 Å². The number of benzene rings is 3. The first-order valence-electron chi connectivity index (χ1n) is 34.4. The maximum absolute atomic E-state index is 13.1. The molecular formula is C72H100Br2ClN10O13P. The van der Waals surface area contributed by atoms with Gasteiger partial charge in [0.2, 0.25) is 11.8 Å². The van der Waals surface area contributed by atoms with Crippen molar-refractivity contribution in [3.05, 3.63) is 102 Å². The molecule has 542 valence electrons. The number of likely N-dealkylation sites (tertiary alicyclic amines) is 2. The molecule has 0 spiro atoms. The van der Waals surface area contributed by atoms with Crippen LogP contribution in [-0.2, 0) is 72.2 Å². The summed E-state index contributed by atoms with van der Waals surface area (Å²) in [6.07, 6.45) is 13.1. The number of Topliss-reactive ketones (excluding diaryl/α,β-unsaturated/α-hetero) is 4. The number of carbonyl (C=O) groups excluding carboxylic acids is 8. The maximum atomic E-state index is 13.1. The van der Waals surface area contributed by atoms with Gasteiger partial charge in [0.25, 0.3) is 0 Å². The van der Waals surface area contributed by atoms with Crippen molar-refractivity contribution in [3.8, 4) is 0 Å². The number of imidazole rings is 3. The fourth-order valence-corrected chi connectivity index (χ4v) is 15.7. The van der Waals surface area contributed by atoms with Gasteiger partial charge in [-0.05, 0) is 214 Å². The van der Waals surface area contributed by atoms with E-state index in [1.807, 2.05) is 88.9 Å². The number of hydrogen-bond acceptors (Lipinski definition) is 14. The molecule has 3 aromatic carbocycles. The Kier molecular flexibility index (Phi) is 28.1. The van der Waals surface area contributed by atoms with Crippen molar-refractivity contribution in [2.45, 2.75) is 193 Å². The predicted molar refractivity (Wildman–Crippen MR) is 397 cm³/mol. The van der Waals surface area contributed by atoms with Gasteiger partial charge in [-0.2, -0.15) is 9.90 Å². The molecule has 6 aromatic rings. The number of imide groups is 1. The lowest BCUT2D eigenvalue weighted by Crippen LogP contribution is -2.44. The minimum absolute atomic E-state index is 0. The van der Waals surface area contributed by atoms with Gasteiger partial charge in [0.1, 0.15) is 28.8 Å². The van der Waals surface area contributed by atoms with E-state index in [-0.39, 0.29) is 105 Å². The number of halogens is 3. The summed E-state index contributed by atoms with van der Waals surface area (Å²) in [7, 11) is 5.20. The number of carbonyl (C=O) groups is 8. The summed E-state index contributed by atoms with van der Waals surface area (Å²) in [5, 5.41) is 6.75. The van der Waals surface area contributed by atoms with Crippen molar-refractivity contribution in [2.24, 2.45) is 38.9 Å². The van der Waals surface area contributed by atoms with Gasteiger partial charge in [-0.1, -0.05) is 46.3 Å². The molecule has 2 saturated carbocycles. The fraction of sp³-hybridized carbons (Fsp3) is 0.597. The van der Waals surface area contributed by atoms with Crippen LogP contribution < -0.4 is 27.7 Å². The lowest BCUT2D eigenvalue weighted by atomic mass is 9.90. The van der Waals surface area contributed by atoms with Crippen LogP contribution in [0.15, 0.2) is 73.5 Å². The van der Waals surface area contributed by atoms with Crippen LogP contribution in [0.2, 0.25) is 0 Å². The van der Waals surface area contributed by atoms with Gasteiger partial charge in [0, 0.05) is 76.4 Å². The number of ether oxygens (including phenoxy) is 2. The van der Waals surface area contributed by atoms with Crippen molar-refractivity contribution in [2.75, 3.05) is 44.6 Å². The smallest absolute Gasteiger partial charge is 0.410 e. The Morgan fingerprint density at radius 3 is 1.28 bits per heavy atom. The van der Waals surface area contributed by atoms with E-state index in [0.29, 0.717) is 56.6 Å². The lowest BCUT2D eigenvalue weighted by Gasteiger charge is -2.33. The van der Waals surface area contributed by atoms with Crippen LogP contribution in [0.25, 0.3) is 33.1 Å². The average molecular weight is 1540 g/mol. The Labute approximate surface area is 604 Å². The van der Waals surface area contributed by atoms with Crippen molar-refractivity contribution < 1.29 is 47.8 Å². The summed E-state index contributed by atoms with van der Waals surface area (Å²) in [5.74, 6) is 0.897. The van der Waals surface area contributed by atoms with E-state index in [1.54, 1.807) is 50.4 Å².